The third-order valence-corrected chi connectivity index (χ3v) is 5.08. The molecule has 0 fully saturated rings. The number of carbonyl (C=O) groups is 1. The van der Waals surface area contributed by atoms with Crippen LogP contribution in [0.1, 0.15) is 29.3 Å². The van der Waals surface area contributed by atoms with Gasteiger partial charge in [-0.15, -0.1) is 0 Å². The first kappa shape index (κ1) is 16.9. The van der Waals surface area contributed by atoms with Gasteiger partial charge < -0.3 is 10.2 Å². The number of carboxylic acids is 1. The van der Waals surface area contributed by atoms with Gasteiger partial charge in [-0.3, -0.25) is 0 Å². The van der Waals surface area contributed by atoms with Gasteiger partial charge >= 0.3 is 5.97 Å². The van der Waals surface area contributed by atoms with E-state index in [4.69, 9.17) is 10.4 Å². The van der Waals surface area contributed by atoms with Crippen LogP contribution in [0.25, 0.3) is 0 Å². The third kappa shape index (κ3) is 3.51. The van der Waals surface area contributed by atoms with Crippen molar-refractivity contribution in [1.29, 1.82) is 5.26 Å². The van der Waals surface area contributed by atoms with E-state index in [9.17, 15) is 18.3 Å². The Labute approximate surface area is 123 Å². The molecule has 2 N–H and O–H groups in total. The van der Waals surface area contributed by atoms with E-state index in [-0.39, 0.29) is 30.0 Å². The van der Waals surface area contributed by atoms with Crippen LogP contribution in [0.5, 0.6) is 5.75 Å². The molecule has 0 radical (unpaired) electrons. The van der Waals surface area contributed by atoms with E-state index in [1.165, 1.54) is 6.92 Å². The van der Waals surface area contributed by atoms with Gasteiger partial charge in [0.2, 0.25) is 10.0 Å². The smallest absolute Gasteiger partial charge is 0.339 e. The van der Waals surface area contributed by atoms with E-state index in [2.05, 4.69) is 0 Å². The van der Waals surface area contributed by atoms with Gasteiger partial charge in [-0.2, -0.15) is 9.57 Å². The maximum Gasteiger partial charge on any atom is 0.339 e. The Balaban J connectivity index is 3.40. The standard InChI is InChI=1S/C13H16N2O5S/c1-3-15(6-4-5-14)21(19,20)12-8-10(13(17)18)11(16)7-9(12)2/h7-8,16H,3-4,6H2,1-2H3,(H,17,18). The van der Waals surface area contributed by atoms with Crippen LogP contribution in [0.15, 0.2) is 17.0 Å². The summed E-state index contributed by atoms with van der Waals surface area (Å²) in [5, 5.41) is 27.1. The number of sulfonamides is 1. The third-order valence-electron chi connectivity index (χ3n) is 2.97. The summed E-state index contributed by atoms with van der Waals surface area (Å²) in [7, 11) is -3.92. The summed E-state index contributed by atoms with van der Waals surface area (Å²) in [4.78, 5) is 10.8. The fraction of sp³-hybridized carbons (Fsp3) is 0.385. The molecule has 0 bridgehead atoms. The Bertz CT molecular complexity index is 691. The molecule has 0 aliphatic rings. The molecule has 0 saturated heterocycles. The average Bonchev–Trinajstić information content (AvgIpc) is 2.38. The predicted molar refractivity (Wildman–Crippen MR) is 74.5 cm³/mol. The number of aryl methyl sites for hydroxylation is 1. The molecule has 21 heavy (non-hydrogen) atoms. The highest BCUT2D eigenvalue weighted by Crippen LogP contribution is 2.27. The molecular formula is C13H16N2O5S. The molecule has 0 unspecified atom stereocenters. The zero-order valence-corrected chi connectivity index (χ0v) is 12.5. The molecule has 0 aliphatic carbocycles. The SMILES string of the molecule is CCN(CCC#N)S(=O)(=O)c1cc(C(=O)O)c(O)cc1C. The van der Waals surface area contributed by atoms with Crippen molar-refractivity contribution in [2.45, 2.75) is 25.2 Å². The molecule has 7 nitrogen and oxygen atoms in total. The molecule has 0 spiro atoms. The minimum atomic E-state index is -3.92. The van der Waals surface area contributed by atoms with Crippen LogP contribution in [0, 0.1) is 18.3 Å². The van der Waals surface area contributed by atoms with Gasteiger partial charge in [-0.1, -0.05) is 6.92 Å². The van der Waals surface area contributed by atoms with Crippen molar-refractivity contribution in [3.05, 3.63) is 23.3 Å². The number of aromatic carboxylic acids is 1. The quantitative estimate of drug-likeness (QED) is 0.817. The topological polar surface area (TPSA) is 119 Å². The van der Waals surface area contributed by atoms with E-state index in [0.717, 1.165) is 16.4 Å². The number of rotatable bonds is 6. The first-order chi connectivity index (χ1) is 9.75. The summed E-state index contributed by atoms with van der Waals surface area (Å²) in [5.74, 6) is -1.90. The summed E-state index contributed by atoms with van der Waals surface area (Å²) < 4.78 is 26.1. The van der Waals surface area contributed by atoms with E-state index in [1.807, 2.05) is 6.07 Å². The average molecular weight is 312 g/mol. The van der Waals surface area contributed by atoms with Crippen molar-refractivity contribution in [3.8, 4) is 11.8 Å². The highest BCUT2D eigenvalue weighted by Gasteiger charge is 2.27. The highest BCUT2D eigenvalue weighted by molar-refractivity contribution is 7.89. The van der Waals surface area contributed by atoms with Crippen LogP contribution in [0.2, 0.25) is 0 Å². The highest BCUT2D eigenvalue weighted by atomic mass is 32.2. The Morgan fingerprint density at radius 3 is 2.52 bits per heavy atom. The Morgan fingerprint density at radius 1 is 1.43 bits per heavy atom. The van der Waals surface area contributed by atoms with Crippen LogP contribution in [-0.4, -0.2) is 42.0 Å². The number of nitriles is 1. The normalized spacial score (nSPS) is 11.3. The number of carboxylic acid groups (broad SMARTS) is 1. The van der Waals surface area contributed by atoms with Gasteiger partial charge in [0.1, 0.15) is 11.3 Å². The molecule has 8 heteroatoms. The van der Waals surface area contributed by atoms with Crippen LogP contribution < -0.4 is 0 Å². The lowest BCUT2D eigenvalue weighted by Crippen LogP contribution is -2.32. The first-order valence-electron chi connectivity index (χ1n) is 6.19. The molecule has 1 rings (SSSR count). The van der Waals surface area contributed by atoms with Crippen molar-refractivity contribution in [2.75, 3.05) is 13.1 Å². The Morgan fingerprint density at radius 2 is 2.05 bits per heavy atom. The lowest BCUT2D eigenvalue weighted by atomic mass is 10.1. The number of phenols is 1. The van der Waals surface area contributed by atoms with E-state index in [1.54, 1.807) is 6.92 Å². The summed E-state index contributed by atoms with van der Waals surface area (Å²) >= 11 is 0. The molecule has 0 saturated carbocycles. The first-order valence-corrected chi connectivity index (χ1v) is 7.63. The number of hydrogen-bond acceptors (Lipinski definition) is 5. The van der Waals surface area contributed by atoms with Gasteiger partial charge in [0.25, 0.3) is 0 Å². The zero-order valence-electron chi connectivity index (χ0n) is 11.7. The van der Waals surface area contributed by atoms with Gasteiger partial charge in [0, 0.05) is 19.5 Å². The summed E-state index contributed by atoms with van der Waals surface area (Å²) in [6.45, 7) is 3.28. The Hall–Kier alpha value is -2.11. The van der Waals surface area contributed by atoms with Crippen molar-refractivity contribution in [3.63, 3.8) is 0 Å². The number of hydrogen-bond donors (Lipinski definition) is 2. The second-order valence-corrected chi connectivity index (χ2v) is 6.25. The summed E-state index contributed by atoms with van der Waals surface area (Å²) in [6, 6.07) is 3.92. The lowest BCUT2D eigenvalue weighted by Gasteiger charge is -2.21. The summed E-state index contributed by atoms with van der Waals surface area (Å²) in [5.41, 5.74) is -0.233. The molecule has 0 heterocycles. The van der Waals surface area contributed by atoms with Gasteiger partial charge in [-0.25, -0.2) is 13.2 Å². The molecule has 114 valence electrons. The maximum atomic E-state index is 12.5. The summed E-state index contributed by atoms with van der Waals surface area (Å²) in [6.07, 6.45) is 0.0377. The monoisotopic (exact) mass is 312 g/mol. The van der Waals surface area contributed by atoms with Crippen LogP contribution >= 0.6 is 0 Å². The van der Waals surface area contributed by atoms with Crippen molar-refractivity contribution in [2.24, 2.45) is 0 Å². The second kappa shape index (κ2) is 6.56. The fourth-order valence-electron chi connectivity index (χ4n) is 1.88. The number of aromatic hydroxyl groups is 1. The van der Waals surface area contributed by atoms with Gasteiger partial charge in [0.05, 0.1) is 11.0 Å². The van der Waals surface area contributed by atoms with Gasteiger partial charge in [-0.05, 0) is 24.6 Å². The molecule has 0 aromatic heterocycles. The molecule has 0 atom stereocenters. The Kier molecular flexibility index (Phi) is 5.29. The van der Waals surface area contributed by atoms with Crippen LogP contribution in [0.3, 0.4) is 0 Å². The molecular weight excluding hydrogens is 296 g/mol. The van der Waals surface area contributed by atoms with E-state index < -0.39 is 27.3 Å². The molecule has 1 aromatic carbocycles. The zero-order chi connectivity index (χ0) is 16.2. The molecule has 0 amide bonds. The van der Waals surface area contributed by atoms with Crippen LogP contribution in [-0.2, 0) is 10.0 Å². The lowest BCUT2D eigenvalue weighted by molar-refractivity contribution is 0.0693. The van der Waals surface area contributed by atoms with E-state index >= 15 is 0 Å². The molecule has 0 aliphatic heterocycles. The maximum absolute atomic E-state index is 12.5. The fourth-order valence-corrected chi connectivity index (χ4v) is 3.57. The minimum Gasteiger partial charge on any atom is -0.507 e. The van der Waals surface area contributed by atoms with Gasteiger partial charge in [0.15, 0.2) is 0 Å². The predicted octanol–water partition coefficient (Wildman–Crippen LogP) is 1.32. The van der Waals surface area contributed by atoms with Crippen molar-refractivity contribution < 1.29 is 23.4 Å². The largest absolute Gasteiger partial charge is 0.507 e. The van der Waals surface area contributed by atoms with Crippen LogP contribution in [0.4, 0.5) is 0 Å². The second-order valence-electron chi connectivity index (χ2n) is 4.34. The number of nitrogens with zero attached hydrogens (tertiary/aromatic N) is 2. The number of benzene rings is 1. The van der Waals surface area contributed by atoms with E-state index in [0.29, 0.717) is 0 Å². The minimum absolute atomic E-state index is 0.0258. The van der Waals surface area contributed by atoms with Crippen molar-refractivity contribution in [1.82, 2.24) is 4.31 Å². The van der Waals surface area contributed by atoms with Crippen molar-refractivity contribution >= 4 is 16.0 Å². The molecule has 1 aromatic rings.